The first-order valence-corrected chi connectivity index (χ1v) is 11.6. The van der Waals surface area contributed by atoms with Crippen molar-refractivity contribution in [2.45, 2.75) is 12.7 Å². The number of nitro benzene ring substituents is 2. The van der Waals surface area contributed by atoms with Crippen LogP contribution in [0.5, 0.6) is 0 Å². The Morgan fingerprint density at radius 2 is 1.51 bits per heavy atom. The van der Waals surface area contributed by atoms with Crippen LogP contribution < -0.4 is 15.1 Å². The van der Waals surface area contributed by atoms with Crippen molar-refractivity contribution in [1.82, 2.24) is 0 Å². The van der Waals surface area contributed by atoms with Crippen molar-refractivity contribution < 1.29 is 32.9 Å². The second-order valence-electron chi connectivity index (χ2n) is 8.75. The van der Waals surface area contributed by atoms with E-state index in [1.807, 2.05) is 0 Å². The molecule has 1 aliphatic heterocycles. The lowest BCUT2D eigenvalue weighted by molar-refractivity contribution is -0.393. The number of carbonyl (C=O) groups is 1. The van der Waals surface area contributed by atoms with Crippen molar-refractivity contribution in [2.24, 2.45) is 0 Å². The predicted molar refractivity (Wildman–Crippen MR) is 136 cm³/mol. The average Bonchev–Trinajstić information content (AvgIpc) is 2.91. The summed E-state index contributed by atoms with van der Waals surface area (Å²) in [7, 11) is 0. The summed E-state index contributed by atoms with van der Waals surface area (Å²) in [5, 5.41) is 35.4. The number of alkyl halides is 3. The number of carboxylic acid groups (broad SMARTS) is 1. The molecule has 0 amide bonds. The van der Waals surface area contributed by atoms with Gasteiger partial charge in [0, 0.05) is 38.4 Å². The summed E-state index contributed by atoms with van der Waals surface area (Å²) in [6, 6.07) is 13.0. The van der Waals surface area contributed by atoms with Gasteiger partial charge in [0.1, 0.15) is 11.4 Å². The van der Waals surface area contributed by atoms with Gasteiger partial charge in [0.15, 0.2) is 0 Å². The summed E-state index contributed by atoms with van der Waals surface area (Å²) in [5.41, 5.74) is -0.502. The van der Waals surface area contributed by atoms with Crippen LogP contribution in [0, 0.1) is 20.2 Å². The molecule has 1 heterocycles. The topological polar surface area (TPSA) is 142 Å². The van der Waals surface area contributed by atoms with Crippen LogP contribution in [-0.2, 0) is 12.7 Å². The summed E-state index contributed by atoms with van der Waals surface area (Å²) in [6.07, 6.45) is -4.49. The number of benzene rings is 3. The van der Waals surface area contributed by atoms with Gasteiger partial charge in [0.2, 0.25) is 0 Å². The maximum atomic E-state index is 13.1. The van der Waals surface area contributed by atoms with Gasteiger partial charge in [-0.15, -0.1) is 0 Å². The highest BCUT2D eigenvalue weighted by Gasteiger charge is 2.32. The molecule has 2 N–H and O–H groups in total. The van der Waals surface area contributed by atoms with Gasteiger partial charge < -0.3 is 20.2 Å². The fourth-order valence-corrected chi connectivity index (χ4v) is 4.30. The first-order chi connectivity index (χ1) is 18.4. The number of carboxylic acids is 1. The molecule has 0 unspecified atom stereocenters. The Morgan fingerprint density at radius 1 is 0.897 bits per heavy atom. The van der Waals surface area contributed by atoms with E-state index in [4.69, 9.17) is 5.11 Å². The molecule has 4 rings (SSSR count). The maximum absolute atomic E-state index is 13.1. The molecule has 11 nitrogen and oxygen atoms in total. The molecule has 39 heavy (non-hydrogen) atoms. The Kier molecular flexibility index (Phi) is 7.56. The highest BCUT2D eigenvalue weighted by atomic mass is 19.4. The van der Waals surface area contributed by atoms with Crippen LogP contribution >= 0.6 is 0 Å². The highest BCUT2D eigenvalue weighted by Crippen LogP contribution is 2.39. The summed E-state index contributed by atoms with van der Waals surface area (Å²) < 4.78 is 39.4. The lowest BCUT2D eigenvalue weighted by Crippen LogP contribution is -2.46. The number of nitrogens with one attached hydrogen (secondary N) is 1. The van der Waals surface area contributed by atoms with Gasteiger partial charge in [-0.3, -0.25) is 20.2 Å². The van der Waals surface area contributed by atoms with E-state index >= 15 is 0 Å². The number of nitrogens with zero attached hydrogens (tertiary/aromatic N) is 4. The first-order valence-electron chi connectivity index (χ1n) is 11.6. The van der Waals surface area contributed by atoms with Crippen molar-refractivity contribution in [3.63, 3.8) is 0 Å². The molecular weight excluding hydrogens is 523 g/mol. The monoisotopic (exact) mass is 545 g/mol. The SMILES string of the molecule is O=C(O)c1ccc(CNc2cc(N3CCN(c4cccc(C(F)(F)F)c4)CC3)c([N+](=O)[O-])cc2[N+](=O)[O-])cc1. The molecule has 3 aromatic rings. The predicted octanol–water partition coefficient (Wildman–Crippen LogP) is 5.16. The summed E-state index contributed by atoms with van der Waals surface area (Å²) in [6.45, 7) is 1.08. The maximum Gasteiger partial charge on any atom is 0.416 e. The largest absolute Gasteiger partial charge is 0.478 e. The molecule has 0 saturated carbocycles. The van der Waals surface area contributed by atoms with Crippen LogP contribution in [0.1, 0.15) is 21.5 Å². The van der Waals surface area contributed by atoms with Crippen LogP contribution in [0.4, 0.5) is 41.6 Å². The second-order valence-corrected chi connectivity index (χ2v) is 8.75. The molecule has 0 bridgehead atoms. The number of hydrogen-bond acceptors (Lipinski definition) is 8. The van der Waals surface area contributed by atoms with Gasteiger partial charge in [-0.25, -0.2) is 4.79 Å². The van der Waals surface area contributed by atoms with Gasteiger partial charge in [0.25, 0.3) is 11.4 Å². The molecule has 0 aromatic heterocycles. The smallest absolute Gasteiger partial charge is 0.416 e. The minimum absolute atomic E-state index is 0.0308. The zero-order valence-electron chi connectivity index (χ0n) is 20.2. The number of aromatic carboxylic acids is 1. The lowest BCUT2D eigenvalue weighted by atomic mass is 10.1. The molecule has 1 fully saturated rings. The van der Waals surface area contributed by atoms with Crippen molar-refractivity contribution in [3.8, 4) is 0 Å². The standard InChI is InChI=1S/C25H22F3N5O6/c26-25(27,28)18-2-1-3-19(12-18)30-8-10-31(11-9-30)22-13-20(21(32(36)37)14-23(22)33(38)39)29-15-16-4-6-17(7-5-16)24(34)35/h1-7,12-14,29H,8-11,15H2,(H,34,35). The van der Waals surface area contributed by atoms with Crippen molar-refractivity contribution in [2.75, 3.05) is 41.3 Å². The number of hydrogen-bond donors (Lipinski definition) is 2. The first kappa shape index (κ1) is 27.2. The van der Waals surface area contributed by atoms with E-state index in [9.17, 15) is 38.2 Å². The Labute approximate surface area is 219 Å². The van der Waals surface area contributed by atoms with E-state index < -0.39 is 38.9 Å². The molecule has 0 atom stereocenters. The summed E-state index contributed by atoms with van der Waals surface area (Å²) in [5.74, 6) is -1.10. The van der Waals surface area contributed by atoms with E-state index in [0.717, 1.165) is 18.2 Å². The third-order valence-electron chi connectivity index (χ3n) is 6.33. The number of nitro groups is 2. The Hall–Kier alpha value is -4.88. The number of anilines is 3. The molecule has 1 saturated heterocycles. The molecule has 14 heteroatoms. The van der Waals surface area contributed by atoms with E-state index in [1.54, 1.807) is 28.0 Å². The zero-order chi connectivity index (χ0) is 28.3. The minimum atomic E-state index is -4.49. The molecule has 3 aromatic carbocycles. The van der Waals surface area contributed by atoms with E-state index in [0.29, 0.717) is 11.3 Å². The number of rotatable bonds is 8. The molecule has 204 valence electrons. The van der Waals surface area contributed by atoms with Crippen LogP contribution in [-0.4, -0.2) is 47.1 Å². The van der Waals surface area contributed by atoms with Crippen molar-refractivity contribution >= 4 is 34.4 Å². The Bertz CT molecular complexity index is 1410. The van der Waals surface area contributed by atoms with Crippen LogP contribution in [0.3, 0.4) is 0 Å². The summed E-state index contributed by atoms with van der Waals surface area (Å²) >= 11 is 0. The van der Waals surface area contributed by atoms with Gasteiger partial charge in [-0.05, 0) is 42.0 Å². The third kappa shape index (κ3) is 6.17. The lowest BCUT2D eigenvalue weighted by Gasteiger charge is -2.37. The Balaban J connectivity index is 1.57. The molecule has 0 radical (unpaired) electrons. The number of piperazine rings is 1. The van der Waals surface area contributed by atoms with Gasteiger partial charge in [-0.1, -0.05) is 18.2 Å². The molecule has 1 aliphatic rings. The van der Waals surface area contributed by atoms with Crippen molar-refractivity contribution in [1.29, 1.82) is 0 Å². The van der Waals surface area contributed by atoms with E-state index in [-0.39, 0.29) is 49.7 Å². The van der Waals surface area contributed by atoms with Crippen LogP contribution in [0.25, 0.3) is 0 Å². The number of halogens is 3. The third-order valence-corrected chi connectivity index (χ3v) is 6.33. The Morgan fingerprint density at radius 3 is 2.08 bits per heavy atom. The normalized spacial score (nSPS) is 13.7. The molecular formula is C25H22F3N5O6. The van der Waals surface area contributed by atoms with Gasteiger partial charge in [-0.2, -0.15) is 13.2 Å². The second kappa shape index (κ2) is 10.8. The van der Waals surface area contributed by atoms with Crippen LogP contribution in [0.15, 0.2) is 60.7 Å². The fraction of sp³-hybridized carbons (Fsp3) is 0.240. The minimum Gasteiger partial charge on any atom is -0.478 e. The zero-order valence-corrected chi connectivity index (χ0v) is 20.2. The van der Waals surface area contributed by atoms with Crippen molar-refractivity contribution in [3.05, 3.63) is 97.6 Å². The average molecular weight is 545 g/mol. The molecule has 0 aliphatic carbocycles. The quantitative estimate of drug-likeness (QED) is 0.290. The molecule has 0 spiro atoms. The summed E-state index contributed by atoms with van der Waals surface area (Å²) in [4.78, 5) is 36.5. The highest BCUT2D eigenvalue weighted by molar-refractivity contribution is 5.87. The fourth-order valence-electron chi connectivity index (χ4n) is 4.30. The van der Waals surface area contributed by atoms with E-state index in [2.05, 4.69) is 5.32 Å². The van der Waals surface area contributed by atoms with Gasteiger partial charge in [0.05, 0.1) is 27.0 Å². The van der Waals surface area contributed by atoms with Gasteiger partial charge >= 0.3 is 12.1 Å². The van der Waals surface area contributed by atoms with Crippen LogP contribution in [0.2, 0.25) is 0 Å². The van der Waals surface area contributed by atoms with E-state index in [1.165, 1.54) is 24.3 Å².